The number of aromatic nitrogens is 1. The highest BCUT2D eigenvalue weighted by Gasteiger charge is 2.23. The van der Waals surface area contributed by atoms with Gasteiger partial charge in [-0.2, -0.15) is 0 Å². The van der Waals surface area contributed by atoms with E-state index in [1.165, 1.54) is 0 Å². The fraction of sp³-hybridized carbons (Fsp3) is 0.545. The van der Waals surface area contributed by atoms with Crippen molar-refractivity contribution in [1.29, 1.82) is 0 Å². The zero-order chi connectivity index (χ0) is 20.9. The van der Waals surface area contributed by atoms with Crippen molar-refractivity contribution < 1.29 is 9.15 Å². The number of guanidine groups is 1. The Morgan fingerprint density at radius 3 is 2.77 bits per heavy atom. The van der Waals surface area contributed by atoms with E-state index in [1.54, 1.807) is 20.4 Å². The summed E-state index contributed by atoms with van der Waals surface area (Å²) in [6, 6.07) is 8.48. The van der Waals surface area contributed by atoms with E-state index in [9.17, 15) is 0 Å². The molecule has 0 saturated carbocycles. The van der Waals surface area contributed by atoms with Gasteiger partial charge in [0.1, 0.15) is 11.5 Å². The Hall–Kier alpha value is -1.97. The predicted molar refractivity (Wildman–Crippen MR) is 132 cm³/mol. The molecule has 0 radical (unpaired) electrons. The van der Waals surface area contributed by atoms with Crippen LogP contribution in [-0.4, -0.2) is 44.2 Å². The maximum absolute atomic E-state index is 5.85. The summed E-state index contributed by atoms with van der Waals surface area (Å²) in [6.07, 6.45) is 4.01. The number of ether oxygens (including phenoxy) is 1. The Morgan fingerprint density at radius 1 is 1.33 bits per heavy atom. The molecule has 0 bridgehead atoms. The number of anilines is 1. The number of hydrogen-bond donors (Lipinski definition) is 2. The van der Waals surface area contributed by atoms with Crippen molar-refractivity contribution in [3.8, 4) is 5.75 Å². The van der Waals surface area contributed by atoms with Gasteiger partial charge in [0.15, 0.2) is 5.96 Å². The number of methoxy groups -OCH3 is 1. The smallest absolute Gasteiger partial charge is 0.213 e. The lowest BCUT2D eigenvalue weighted by Crippen LogP contribution is -2.51. The fourth-order valence-electron chi connectivity index (χ4n) is 3.49. The van der Waals surface area contributed by atoms with Crippen molar-refractivity contribution in [1.82, 2.24) is 15.6 Å². The molecule has 1 atom stereocenters. The third-order valence-corrected chi connectivity index (χ3v) is 5.11. The van der Waals surface area contributed by atoms with Gasteiger partial charge in [0, 0.05) is 31.6 Å². The van der Waals surface area contributed by atoms with Gasteiger partial charge in [-0.3, -0.25) is 4.99 Å². The molecule has 7 nitrogen and oxygen atoms in total. The van der Waals surface area contributed by atoms with Crippen LogP contribution >= 0.6 is 24.0 Å². The monoisotopic (exact) mass is 527 g/mol. The number of piperidine rings is 1. The average Bonchev–Trinajstić information content (AvgIpc) is 3.21. The first-order chi connectivity index (χ1) is 13.9. The molecule has 1 aromatic carbocycles. The van der Waals surface area contributed by atoms with Crippen molar-refractivity contribution in [2.24, 2.45) is 4.99 Å². The van der Waals surface area contributed by atoms with Crippen LogP contribution < -0.4 is 20.3 Å². The topological polar surface area (TPSA) is 74.9 Å². The van der Waals surface area contributed by atoms with Gasteiger partial charge in [-0.15, -0.1) is 24.0 Å². The molecule has 2 N–H and O–H groups in total. The molecule has 0 aliphatic carbocycles. The van der Waals surface area contributed by atoms with Crippen molar-refractivity contribution in [3.63, 3.8) is 0 Å². The summed E-state index contributed by atoms with van der Waals surface area (Å²) in [5.41, 5.74) is 1.09. The molecule has 1 aromatic heterocycles. The number of rotatable bonds is 5. The second-order valence-corrected chi connectivity index (χ2v) is 8.40. The normalized spacial score (nSPS) is 17.3. The molecule has 2 aromatic rings. The molecule has 8 heteroatoms. The Kier molecular flexibility index (Phi) is 8.81. The largest absolute Gasteiger partial charge is 0.495 e. The first-order valence-electron chi connectivity index (χ1n) is 10.2. The van der Waals surface area contributed by atoms with E-state index in [-0.39, 0.29) is 29.4 Å². The van der Waals surface area contributed by atoms with E-state index in [0.717, 1.165) is 49.1 Å². The van der Waals surface area contributed by atoms with Crippen LogP contribution in [0.15, 0.2) is 39.9 Å². The first-order valence-corrected chi connectivity index (χ1v) is 10.2. The fourth-order valence-corrected chi connectivity index (χ4v) is 3.49. The number of benzene rings is 1. The van der Waals surface area contributed by atoms with E-state index < -0.39 is 0 Å². The minimum absolute atomic E-state index is 0. The number of nitrogens with one attached hydrogen (secondary N) is 2. The van der Waals surface area contributed by atoms with E-state index in [2.05, 4.69) is 58.4 Å². The summed E-state index contributed by atoms with van der Waals surface area (Å²) in [5.74, 6) is 3.22. The third-order valence-electron chi connectivity index (χ3n) is 5.11. The van der Waals surface area contributed by atoms with Crippen LogP contribution in [0, 0.1) is 0 Å². The van der Waals surface area contributed by atoms with Crippen LogP contribution in [-0.2, 0) is 12.0 Å². The molecule has 30 heavy (non-hydrogen) atoms. The Bertz CT molecular complexity index is 831. The van der Waals surface area contributed by atoms with Crippen molar-refractivity contribution in [3.05, 3.63) is 42.1 Å². The number of halogens is 1. The summed E-state index contributed by atoms with van der Waals surface area (Å²) >= 11 is 0. The van der Waals surface area contributed by atoms with Crippen LogP contribution in [0.1, 0.15) is 45.3 Å². The van der Waals surface area contributed by atoms with E-state index in [1.807, 2.05) is 12.1 Å². The van der Waals surface area contributed by atoms with Gasteiger partial charge in [-0.05, 0) is 25.0 Å². The van der Waals surface area contributed by atoms with Crippen LogP contribution in [0.5, 0.6) is 5.75 Å². The summed E-state index contributed by atoms with van der Waals surface area (Å²) in [7, 11) is 3.50. The van der Waals surface area contributed by atoms with Gasteiger partial charge in [0.05, 0.1) is 25.5 Å². The molecule has 1 aliphatic heterocycles. The van der Waals surface area contributed by atoms with Gasteiger partial charge in [-0.1, -0.05) is 32.9 Å². The summed E-state index contributed by atoms with van der Waals surface area (Å²) in [4.78, 5) is 11.1. The molecule has 166 valence electrons. The summed E-state index contributed by atoms with van der Waals surface area (Å²) < 4.78 is 11.4. The van der Waals surface area contributed by atoms with Crippen molar-refractivity contribution in [2.75, 3.05) is 32.1 Å². The molecule has 0 amide bonds. The highest BCUT2D eigenvalue weighted by Crippen LogP contribution is 2.29. The third kappa shape index (κ3) is 6.26. The molecule has 3 rings (SSSR count). The lowest BCUT2D eigenvalue weighted by Gasteiger charge is -2.36. The van der Waals surface area contributed by atoms with Gasteiger partial charge < -0.3 is 24.7 Å². The second-order valence-electron chi connectivity index (χ2n) is 8.40. The number of oxazole rings is 1. The molecule has 1 fully saturated rings. The number of nitrogens with zero attached hydrogens (tertiary/aromatic N) is 3. The number of aliphatic imine (C=N–C) groups is 1. The standard InChI is InChI=1S/C22H33N5O2.HI/c1-22(2,3)19-13-24-20(29-19)14-25-21(23-4)26-16-9-8-12-27(15-16)17-10-6-7-11-18(17)28-5;/h6-7,10-11,13,16H,8-9,12,14-15H2,1-5H3,(H2,23,25,26);1H. The molecular formula is C22H34IN5O2. The Labute approximate surface area is 196 Å². The van der Waals surface area contributed by atoms with Crippen LogP contribution in [0.2, 0.25) is 0 Å². The van der Waals surface area contributed by atoms with Crippen LogP contribution in [0.3, 0.4) is 0 Å². The minimum atomic E-state index is -0.0464. The maximum atomic E-state index is 5.85. The van der Waals surface area contributed by atoms with E-state index in [0.29, 0.717) is 18.5 Å². The number of hydrogen-bond acceptors (Lipinski definition) is 5. The Balaban J connectivity index is 0.00000320. The molecular weight excluding hydrogens is 493 g/mol. The SMILES string of the molecule is CN=C(NCc1ncc(C(C)(C)C)o1)NC1CCCN(c2ccccc2OC)C1.I. The zero-order valence-corrected chi connectivity index (χ0v) is 20.9. The Morgan fingerprint density at radius 2 is 2.10 bits per heavy atom. The van der Waals surface area contributed by atoms with Crippen LogP contribution in [0.25, 0.3) is 0 Å². The highest BCUT2D eigenvalue weighted by atomic mass is 127. The lowest BCUT2D eigenvalue weighted by atomic mass is 9.94. The van der Waals surface area contributed by atoms with Crippen LogP contribution in [0.4, 0.5) is 5.69 Å². The zero-order valence-electron chi connectivity index (χ0n) is 18.6. The number of para-hydroxylation sites is 2. The quantitative estimate of drug-likeness (QED) is 0.349. The average molecular weight is 527 g/mol. The molecule has 0 spiro atoms. The van der Waals surface area contributed by atoms with Gasteiger partial charge in [0.2, 0.25) is 5.89 Å². The summed E-state index contributed by atoms with van der Waals surface area (Å²) in [6.45, 7) is 8.76. The lowest BCUT2D eigenvalue weighted by molar-refractivity contribution is 0.379. The maximum Gasteiger partial charge on any atom is 0.213 e. The molecule has 1 aliphatic rings. The van der Waals surface area contributed by atoms with Crippen molar-refractivity contribution >= 4 is 35.6 Å². The highest BCUT2D eigenvalue weighted by molar-refractivity contribution is 14.0. The summed E-state index contributed by atoms with van der Waals surface area (Å²) in [5, 5.41) is 6.85. The predicted octanol–water partition coefficient (Wildman–Crippen LogP) is 3.93. The van der Waals surface area contributed by atoms with E-state index >= 15 is 0 Å². The van der Waals surface area contributed by atoms with Gasteiger partial charge >= 0.3 is 0 Å². The van der Waals surface area contributed by atoms with Gasteiger partial charge in [-0.25, -0.2) is 4.98 Å². The molecule has 1 unspecified atom stereocenters. The van der Waals surface area contributed by atoms with Gasteiger partial charge in [0.25, 0.3) is 0 Å². The second kappa shape index (κ2) is 10.9. The van der Waals surface area contributed by atoms with Crippen molar-refractivity contribution in [2.45, 2.75) is 51.6 Å². The van der Waals surface area contributed by atoms with E-state index in [4.69, 9.17) is 9.15 Å². The molecule has 2 heterocycles. The molecule has 1 saturated heterocycles. The minimum Gasteiger partial charge on any atom is -0.495 e. The first kappa shape index (κ1) is 24.3.